The number of rotatable bonds is 2. The number of nitrogens with two attached hydrogens (primary N) is 2. The molecular weight excluding hydrogens is 168 g/mol. The van der Waals surface area contributed by atoms with E-state index in [0.717, 1.165) is 0 Å². The third-order valence-corrected chi connectivity index (χ3v) is 1.61. The molecule has 0 unspecified atom stereocenters. The van der Waals surface area contributed by atoms with Crippen LogP contribution in [0.5, 0.6) is 0 Å². The molecule has 70 valence electrons. The van der Waals surface area contributed by atoms with E-state index in [-0.39, 0.29) is 5.56 Å². The molecule has 0 spiro atoms. The summed E-state index contributed by atoms with van der Waals surface area (Å²) in [6, 6.07) is 4.92. The van der Waals surface area contributed by atoms with Crippen LogP contribution in [0, 0.1) is 0 Å². The molecule has 0 aliphatic heterocycles. The van der Waals surface area contributed by atoms with Gasteiger partial charge in [-0.25, -0.2) is 4.79 Å². The standard InChI is InChI=1S/C9H12N2O2/c1-2-13-9(12)8-6(10)4-3-5-7(8)11/h3-5H,2,10-11H2,1H3. The lowest BCUT2D eigenvalue weighted by Gasteiger charge is -2.07. The van der Waals surface area contributed by atoms with E-state index in [0.29, 0.717) is 18.0 Å². The van der Waals surface area contributed by atoms with Gasteiger partial charge in [-0.05, 0) is 19.1 Å². The third-order valence-electron chi connectivity index (χ3n) is 1.61. The number of carbonyl (C=O) groups excluding carboxylic acids is 1. The highest BCUT2D eigenvalue weighted by Gasteiger charge is 2.13. The van der Waals surface area contributed by atoms with Crippen molar-refractivity contribution in [2.24, 2.45) is 0 Å². The van der Waals surface area contributed by atoms with Crippen LogP contribution in [-0.4, -0.2) is 12.6 Å². The number of hydrogen-bond acceptors (Lipinski definition) is 4. The number of anilines is 2. The first-order valence-corrected chi connectivity index (χ1v) is 3.98. The van der Waals surface area contributed by atoms with Gasteiger partial charge < -0.3 is 16.2 Å². The fourth-order valence-electron chi connectivity index (χ4n) is 1.03. The third kappa shape index (κ3) is 1.90. The predicted octanol–water partition coefficient (Wildman–Crippen LogP) is 1.03. The highest BCUT2D eigenvalue weighted by atomic mass is 16.5. The van der Waals surface area contributed by atoms with Crippen molar-refractivity contribution in [2.75, 3.05) is 18.1 Å². The van der Waals surface area contributed by atoms with Crippen molar-refractivity contribution in [3.05, 3.63) is 23.8 Å². The van der Waals surface area contributed by atoms with Crippen LogP contribution in [0.25, 0.3) is 0 Å². The first-order chi connectivity index (χ1) is 6.16. The van der Waals surface area contributed by atoms with Crippen LogP contribution in [0.15, 0.2) is 18.2 Å². The van der Waals surface area contributed by atoms with Crippen molar-refractivity contribution >= 4 is 17.3 Å². The van der Waals surface area contributed by atoms with Crippen LogP contribution in [-0.2, 0) is 4.74 Å². The molecule has 0 amide bonds. The van der Waals surface area contributed by atoms with Gasteiger partial charge in [-0.15, -0.1) is 0 Å². The quantitative estimate of drug-likeness (QED) is 0.526. The highest BCUT2D eigenvalue weighted by Crippen LogP contribution is 2.19. The Morgan fingerprint density at radius 3 is 2.38 bits per heavy atom. The Morgan fingerprint density at radius 1 is 1.38 bits per heavy atom. The van der Waals surface area contributed by atoms with Gasteiger partial charge in [-0.3, -0.25) is 0 Å². The number of nitrogen functional groups attached to an aromatic ring is 2. The van der Waals surface area contributed by atoms with E-state index in [9.17, 15) is 4.79 Å². The molecule has 13 heavy (non-hydrogen) atoms. The lowest BCUT2D eigenvalue weighted by Crippen LogP contribution is -2.10. The van der Waals surface area contributed by atoms with E-state index in [1.54, 1.807) is 25.1 Å². The molecule has 4 nitrogen and oxygen atoms in total. The van der Waals surface area contributed by atoms with E-state index >= 15 is 0 Å². The second kappa shape index (κ2) is 3.80. The fourth-order valence-corrected chi connectivity index (χ4v) is 1.03. The summed E-state index contributed by atoms with van der Waals surface area (Å²) in [7, 11) is 0. The topological polar surface area (TPSA) is 78.3 Å². The first kappa shape index (κ1) is 9.38. The zero-order chi connectivity index (χ0) is 9.84. The summed E-state index contributed by atoms with van der Waals surface area (Å²) in [6.07, 6.45) is 0. The summed E-state index contributed by atoms with van der Waals surface area (Å²) in [6.45, 7) is 2.04. The minimum Gasteiger partial charge on any atom is -0.462 e. The molecule has 0 bridgehead atoms. The first-order valence-electron chi connectivity index (χ1n) is 3.98. The molecule has 1 rings (SSSR count). The van der Waals surface area contributed by atoms with Crippen molar-refractivity contribution in [2.45, 2.75) is 6.92 Å². The number of esters is 1. The summed E-state index contributed by atoms with van der Waals surface area (Å²) in [4.78, 5) is 11.3. The van der Waals surface area contributed by atoms with Gasteiger partial charge in [0.15, 0.2) is 0 Å². The average Bonchev–Trinajstić information content (AvgIpc) is 2.04. The molecule has 0 saturated heterocycles. The zero-order valence-electron chi connectivity index (χ0n) is 7.41. The Bertz CT molecular complexity index is 303. The molecule has 0 aromatic heterocycles. The van der Waals surface area contributed by atoms with Crippen LogP contribution in [0.4, 0.5) is 11.4 Å². The molecule has 0 aliphatic carbocycles. The number of ether oxygens (including phenoxy) is 1. The summed E-state index contributed by atoms with van der Waals surface area (Å²) in [5.74, 6) is -0.474. The predicted molar refractivity (Wildman–Crippen MR) is 51.2 cm³/mol. The van der Waals surface area contributed by atoms with E-state index < -0.39 is 5.97 Å². The molecular formula is C9H12N2O2. The van der Waals surface area contributed by atoms with Gasteiger partial charge in [-0.1, -0.05) is 6.07 Å². The van der Waals surface area contributed by atoms with Gasteiger partial charge in [0, 0.05) is 11.4 Å². The molecule has 1 aromatic rings. The molecule has 0 saturated carbocycles. The van der Waals surface area contributed by atoms with Gasteiger partial charge in [0.25, 0.3) is 0 Å². The number of hydrogen-bond donors (Lipinski definition) is 2. The van der Waals surface area contributed by atoms with E-state index in [4.69, 9.17) is 16.2 Å². The molecule has 0 radical (unpaired) electrons. The van der Waals surface area contributed by atoms with Gasteiger partial charge in [0.2, 0.25) is 0 Å². The second-order valence-corrected chi connectivity index (χ2v) is 2.53. The SMILES string of the molecule is CCOC(=O)c1c(N)cccc1N. The fraction of sp³-hybridized carbons (Fsp3) is 0.222. The lowest BCUT2D eigenvalue weighted by molar-refractivity contribution is 0.0529. The maximum atomic E-state index is 11.3. The molecule has 0 fully saturated rings. The Balaban J connectivity index is 3.05. The van der Waals surface area contributed by atoms with Crippen LogP contribution in [0.3, 0.4) is 0 Å². The zero-order valence-corrected chi connectivity index (χ0v) is 7.41. The summed E-state index contributed by atoms with van der Waals surface area (Å²) in [5.41, 5.74) is 12.1. The molecule has 1 aromatic carbocycles. The van der Waals surface area contributed by atoms with Gasteiger partial charge >= 0.3 is 5.97 Å². The second-order valence-electron chi connectivity index (χ2n) is 2.53. The molecule has 0 heterocycles. The van der Waals surface area contributed by atoms with E-state index in [1.807, 2.05) is 0 Å². The van der Waals surface area contributed by atoms with E-state index in [1.165, 1.54) is 0 Å². The molecule has 4 heteroatoms. The Labute approximate surface area is 76.5 Å². The molecule has 0 atom stereocenters. The normalized spacial score (nSPS) is 9.62. The summed E-state index contributed by atoms with van der Waals surface area (Å²) < 4.78 is 4.79. The maximum Gasteiger partial charge on any atom is 0.342 e. The van der Waals surface area contributed by atoms with Gasteiger partial charge in [0.1, 0.15) is 5.56 Å². The Hall–Kier alpha value is -1.71. The summed E-state index contributed by atoms with van der Waals surface area (Å²) in [5, 5.41) is 0. The highest BCUT2D eigenvalue weighted by molar-refractivity contribution is 6.00. The van der Waals surface area contributed by atoms with Crippen molar-refractivity contribution in [1.29, 1.82) is 0 Å². The minimum atomic E-state index is -0.474. The van der Waals surface area contributed by atoms with Gasteiger partial charge in [0.05, 0.1) is 6.61 Å². The molecule has 0 aliphatic rings. The van der Waals surface area contributed by atoms with Crippen LogP contribution in [0.2, 0.25) is 0 Å². The van der Waals surface area contributed by atoms with Crippen molar-refractivity contribution in [1.82, 2.24) is 0 Å². The van der Waals surface area contributed by atoms with Crippen molar-refractivity contribution in [3.8, 4) is 0 Å². The summed E-state index contributed by atoms with van der Waals surface area (Å²) >= 11 is 0. The largest absolute Gasteiger partial charge is 0.462 e. The van der Waals surface area contributed by atoms with Crippen LogP contribution < -0.4 is 11.5 Å². The maximum absolute atomic E-state index is 11.3. The lowest BCUT2D eigenvalue weighted by atomic mass is 10.1. The number of carbonyl (C=O) groups is 1. The van der Waals surface area contributed by atoms with Gasteiger partial charge in [-0.2, -0.15) is 0 Å². The van der Waals surface area contributed by atoms with Crippen LogP contribution >= 0.6 is 0 Å². The Kier molecular flexibility index (Phi) is 2.74. The monoisotopic (exact) mass is 180 g/mol. The number of benzene rings is 1. The van der Waals surface area contributed by atoms with Crippen molar-refractivity contribution in [3.63, 3.8) is 0 Å². The Morgan fingerprint density at radius 2 is 1.92 bits per heavy atom. The van der Waals surface area contributed by atoms with Crippen LogP contribution in [0.1, 0.15) is 17.3 Å². The molecule has 4 N–H and O–H groups in total. The van der Waals surface area contributed by atoms with Crippen molar-refractivity contribution < 1.29 is 9.53 Å². The average molecular weight is 180 g/mol. The van der Waals surface area contributed by atoms with E-state index in [2.05, 4.69) is 0 Å². The smallest absolute Gasteiger partial charge is 0.342 e. The minimum absolute atomic E-state index is 0.254.